The van der Waals surface area contributed by atoms with Crippen molar-refractivity contribution in [1.29, 1.82) is 0 Å². The minimum atomic E-state index is 0.136. The largest absolute Gasteiger partial charge is 0.392 e. The summed E-state index contributed by atoms with van der Waals surface area (Å²) in [5, 5.41) is 12.4. The highest BCUT2D eigenvalue weighted by atomic mass is 16.3. The molecule has 1 aromatic rings. The average molecular weight is 177 g/mol. The molecule has 0 amide bonds. The van der Waals surface area contributed by atoms with Gasteiger partial charge in [-0.1, -0.05) is 24.3 Å². The van der Waals surface area contributed by atoms with Crippen molar-refractivity contribution in [2.75, 3.05) is 0 Å². The highest BCUT2D eigenvalue weighted by Gasteiger charge is 2.19. The van der Waals surface area contributed by atoms with E-state index in [0.29, 0.717) is 0 Å². The summed E-state index contributed by atoms with van der Waals surface area (Å²) < 4.78 is 0. The Morgan fingerprint density at radius 2 is 2.08 bits per heavy atom. The first-order valence-electron chi connectivity index (χ1n) is 4.80. The quantitative estimate of drug-likeness (QED) is 0.729. The van der Waals surface area contributed by atoms with E-state index >= 15 is 0 Å². The molecule has 2 rings (SSSR count). The van der Waals surface area contributed by atoms with Crippen LogP contribution in [0.5, 0.6) is 0 Å². The summed E-state index contributed by atoms with van der Waals surface area (Å²) in [6, 6.07) is 8.83. The third-order valence-electron chi connectivity index (χ3n) is 2.35. The molecule has 2 N–H and O–H groups in total. The zero-order valence-corrected chi connectivity index (χ0v) is 7.66. The maximum Gasteiger partial charge on any atom is 0.0681 e. The van der Waals surface area contributed by atoms with E-state index in [2.05, 4.69) is 17.4 Å². The summed E-state index contributed by atoms with van der Waals surface area (Å²) in [7, 11) is 0. The molecule has 1 aliphatic carbocycles. The average Bonchev–Trinajstić information content (AvgIpc) is 2.99. The van der Waals surface area contributed by atoms with E-state index in [1.807, 2.05) is 12.1 Å². The van der Waals surface area contributed by atoms with Crippen LogP contribution in [0.25, 0.3) is 0 Å². The summed E-state index contributed by atoms with van der Waals surface area (Å²) in [5.41, 5.74) is 2.26. The first-order valence-corrected chi connectivity index (χ1v) is 4.80. The minimum absolute atomic E-state index is 0.136. The summed E-state index contributed by atoms with van der Waals surface area (Å²) in [5.74, 6) is 0. The van der Waals surface area contributed by atoms with E-state index in [1.165, 1.54) is 18.4 Å². The molecule has 0 aromatic heterocycles. The number of aliphatic hydroxyl groups excluding tert-OH is 1. The van der Waals surface area contributed by atoms with Gasteiger partial charge in [0.05, 0.1) is 6.61 Å². The van der Waals surface area contributed by atoms with E-state index in [9.17, 15) is 0 Å². The van der Waals surface area contributed by atoms with Crippen LogP contribution in [0.1, 0.15) is 24.0 Å². The summed E-state index contributed by atoms with van der Waals surface area (Å²) in [6.07, 6.45) is 2.64. The zero-order valence-electron chi connectivity index (χ0n) is 7.66. The van der Waals surface area contributed by atoms with Crippen LogP contribution >= 0.6 is 0 Å². The van der Waals surface area contributed by atoms with Gasteiger partial charge in [0, 0.05) is 12.6 Å². The van der Waals surface area contributed by atoms with Crippen LogP contribution in [0.15, 0.2) is 24.3 Å². The Morgan fingerprint density at radius 1 is 1.31 bits per heavy atom. The predicted molar refractivity (Wildman–Crippen MR) is 52.2 cm³/mol. The molecule has 0 radical (unpaired) electrons. The van der Waals surface area contributed by atoms with Gasteiger partial charge in [0.2, 0.25) is 0 Å². The molecule has 0 heterocycles. The molecule has 0 atom stereocenters. The van der Waals surface area contributed by atoms with E-state index in [0.717, 1.165) is 18.2 Å². The topological polar surface area (TPSA) is 32.3 Å². The predicted octanol–water partition coefficient (Wildman–Crippen LogP) is 1.43. The monoisotopic (exact) mass is 177 g/mol. The van der Waals surface area contributed by atoms with Crippen molar-refractivity contribution in [2.24, 2.45) is 0 Å². The van der Waals surface area contributed by atoms with Crippen LogP contribution in [0.2, 0.25) is 0 Å². The van der Waals surface area contributed by atoms with Gasteiger partial charge in [0.1, 0.15) is 0 Å². The normalized spacial score (nSPS) is 16.1. The maximum absolute atomic E-state index is 8.93. The van der Waals surface area contributed by atoms with Crippen LogP contribution in [0.4, 0.5) is 0 Å². The second-order valence-electron chi connectivity index (χ2n) is 3.63. The zero-order chi connectivity index (χ0) is 9.10. The Hall–Kier alpha value is -0.860. The summed E-state index contributed by atoms with van der Waals surface area (Å²) >= 11 is 0. The smallest absolute Gasteiger partial charge is 0.0681 e. The van der Waals surface area contributed by atoms with Crippen molar-refractivity contribution in [3.63, 3.8) is 0 Å². The van der Waals surface area contributed by atoms with E-state index < -0.39 is 0 Å². The van der Waals surface area contributed by atoms with Gasteiger partial charge in [-0.2, -0.15) is 0 Å². The van der Waals surface area contributed by atoms with Gasteiger partial charge in [-0.15, -0.1) is 0 Å². The van der Waals surface area contributed by atoms with Gasteiger partial charge in [0.25, 0.3) is 0 Å². The van der Waals surface area contributed by atoms with Gasteiger partial charge < -0.3 is 10.4 Å². The van der Waals surface area contributed by atoms with E-state index in [1.54, 1.807) is 0 Å². The lowest BCUT2D eigenvalue weighted by Crippen LogP contribution is -2.15. The molecule has 0 aliphatic heterocycles. The van der Waals surface area contributed by atoms with E-state index in [-0.39, 0.29) is 6.61 Å². The highest BCUT2D eigenvalue weighted by Crippen LogP contribution is 2.19. The standard InChI is InChI=1S/C11H15NO/c13-8-10-3-1-2-9(6-10)7-12-11-4-5-11/h1-3,6,11-13H,4-5,7-8H2. The molecular weight excluding hydrogens is 162 g/mol. The molecule has 13 heavy (non-hydrogen) atoms. The van der Waals surface area contributed by atoms with Gasteiger partial charge >= 0.3 is 0 Å². The fourth-order valence-corrected chi connectivity index (χ4v) is 1.39. The van der Waals surface area contributed by atoms with Crippen molar-refractivity contribution < 1.29 is 5.11 Å². The summed E-state index contributed by atoms with van der Waals surface area (Å²) in [6.45, 7) is 1.07. The summed E-state index contributed by atoms with van der Waals surface area (Å²) in [4.78, 5) is 0. The first kappa shape index (κ1) is 8.73. The number of hydrogen-bond donors (Lipinski definition) is 2. The number of rotatable bonds is 4. The second-order valence-corrected chi connectivity index (χ2v) is 3.63. The van der Waals surface area contributed by atoms with Crippen molar-refractivity contribution in [3.05, 3.63) is 35.4 Å². The molecule has 1 saturated carbocycles. The lowest BCUT2D eigenvalue weighted by Gasteiger charge is -2.04. The minimum Gasteiger partial charge on any atom is -0.392 e. The Morgan fingerprint density at radius 3 is 2.77 bits per heavy atom. The Labute approximate surface area is 78.6 Å². The molecule has 1 aromatic carbocycles. The fourth-order valence-electron chi connectivity index (χ4n) is 1.39. The number of benzene rings is 1. The van der Waals surface area contributed by atoms with Gasteiger partial charge in [0.15, 0.2) is 0 Å². The van der Waals surface area contributed by atoms with Crippen molar-refractivity contribution in [3.8, 4) is 0 Å². The number of aliphatic hydroxyl groups is 1. The Balaban J connectivity index is 1.93. The Kier molecular flexibility index (Phi) is 2.62. The van der Waals surface area contributed by atoms with Crippen LogP contribution in [-0.4, -0.2) is 11.1 Å². The van der Waals surface area contributed by atoms with Crippen LogP contribution in [-0.2, 0) is 13.2 Å². The van der Waals surface area contributed by atoms with Gasteiger partial charge in [-0.3, -0.25) is 0 Å². The third kappa shape index (κ3) is 2.54. The Bertz CT molecular complexity index is 281. The van der Waals surface area contributed by atoms with Crippen LogP contribution in [0.3, 0.4) is 0 Å². The van der Waals surface area contributed by atoms with Crippen molar-refractivity contribution in [2.45, 2.75) is 32.0 Å². The number of hydrogen-bond acceptors (Lipinski definition) is 2. The molecular formula is C11H15NO. The van der Waals surface area contributed by atoms with Gasteiger partial charge in [-0.05, 0) is 24.0 Å². The van der Waals surface area contributed by atoms with Crippen molar-refractivity contribution in [1.82, 2.24) is 5.32 Å². The third-order valence-corrected chi connectivity index (χ3v) is 2.35. The fraction of sp³-hybridized carbons (Fsp3) is 0.455. The lowest BCUT2D eigenvalue weighted by atomic mass is 10.1. The molecule has 0 bridgehead atoms. The molecule has 1 aliphatic rings. The lowest BCUT2D eigenvalue weighted by molar-refractivity contribution is 0.281. The molecule has 0 unspecified atom stereocenters. The highest BCUT2D eigenvalue weighted by molar-refractivity contribution is 5.22. The van der Waals surface area contributed by atoms with E-state index in [4.69, 9.17) is 5.11 Å². The molecule has 2 heteroatoms. The van der Waals surface area contributed by atoms with Crippen LogP contribution < -0.4 is 5.32 Å². The SMILES string of the molecule is OCc1cccc(CNC2CC2)c1. The molecule has 2 nitrogen and oxygen atoms in total. The molecule has 1 fully saturated rings. The van der Waals surface area contributed by atoms with Gasteiger partial charge in [-0.25, -0.2) is 0 Å². The molecule has 0 saturated heterocycles. The second kappa shape index (κ2) is 3.90. The van der Waals surface area contributed by atoms with Crippen molar-refractivity contribution >= 4 is 0 Å². The maximum atomic E-state index is 8.93. The first-order chi connectivity index (χ1) is 6.38. The number of nitrogens with one attached hydrogen (secondary N) is 1. The molecule has 0 spiro atoms. The molecule has 70 valence electrons. The van der Waals surface area contributed by atoms with Crippen LogP contribution in [0, 0.1) is 0 Å².